The van der Waals surface area contributed by atoms with Crippen LogP contribution < -0.4 is 10.5 Å². The van der Waals surface area contributed by atoms with E-state index in [1.165, 1.54) is 12.7 Å². The second kappa shape index (κ2) is 8.41. The van der Waals surface area contributed by atoms with Gasteiger partial charge in [-0.1, -0.05) is 55.5 Å². The molecule has 0 spiro atoms. The van der Waals surface area contributed by atoms with E-state index in [4.69, 9.17) is 15.2 Å². The Hall–Kier alpha value is -3.27. The van der Waals surface area contributed by atoms with Crippen molar-refractivity contribution in [2.45, 2.75) is 20.0 Å². The smallest absolute Gasteiger partial charge is 0.337 e. The predicted molar refractivity (Wildman–Crippen MR) is 108 cm³/mol. The van der Waals surface area contributed by atoms with Crippen molar-refractivity contribution in [1.82, 2.24) is 0 Å². The third-order valence-corrected chi connectivity index (χ3v) is 4.49. The fraction of sp³-hybridized carbons (Fsp3) is 0.174. The van der Waals surface area contributed by atoms with Crippen LogP contribution in [0.3, 0.4) is 0 Å². The monoisotopic (exact) mass is 361 g/mol. The number of anilines is 1. The lowest BCUT2D eigenvalue weighted by molar-refractivity contribution is 0.0600. The van der Waals surface area contributed by atoms with Gasteiger partial charge in [0.25, 0.3) is 0 Å². The molecule has 4 nitrogen and oxygen atoms in total. The Kier molecular flexibility index (Phi) is 5.77. The molecule has 0 saturated carbocycles. The summed E-state index contributed by atoms with van der Waals surface area (Å²) in [5, 5.41) is 0. The van der Waals surface area contributed by atoms with Gasteiger partial charge < -0.3 is 15.2 Å². The van der Waals surface area contributed by atoms with Crippen molar-refractivity contribution in [3.8, 4) is 16.9 Å². The van der Waals surface area contributed by atoms with Crippen molar-refractivity contribution < 1.29 is 14.3 Å². The Morgan fingerprint density at radius 1 is 0.926 bits per heavy atom. The quantitative estimate of drug-likeness (QED) is 0.503. The fourth-order valence-electron chi connectivity index (χ4n) is 3.03. The van der Waals surface area contributed by atoms with Crippen LogP contribution in [0.25, 0.3) is 11.1 Å². The maximum Gasteiger partial charge on any atom is 0.337 e. The van der Waals surface area contributed by atoms with Crippen LogP contribution in [0.15, 0.2) is 66.7 Å². The summed E-state index contributed by atoms with van der Waals surface area (Å²) >= 11 is 0. The number of nitrogen functional groups attached to an aromatic ring is 1. The van der Waals surface area contributed by atoms with E-state index >= 15 is 0 Å². The van der Waals surface area contributed by atoms with Gasteiger partial charge in [-0.15, -0.1) is 0 Å². The van der Waals surface area contributed by atoms with Gasteiger partial charge in [0.15, 0.2) is 5.75 Å². The topological polar surface area (TPSA) is 61.5 Å². The first kappa shape index (κ1) is 18.5. The Morgan fingerprint density at radius 3 is 2.33 bits per heavy atom. The maximum absolute atomic E-state index is 11.5. The zero-order valence-corrected chi connectivity index (χ0v) is 15.6. The van der Waals surface area contributed by atoms with E-state index in [2.05, 4.69) is 19.1 Å². The molecule has 0 saturated heterocycles. The van der Waals surface area contributed by atoms with Crippen LogP contribution in [0.1, 0.15) is 28.4 Å². The Balaban J connectivity index is 1.86. The number of aryl methyl sites for hydroxylation is 1. The Labute approximate surface area is 159 Å². The zero-order chi connectivity index (χ0) is 19.2. The van der Waals surface area contributed by atoms with Crippen LogP contribution in [0.4, 0.5) is 5.69 Å². The summed E-state index contributed by atoms with van der Waals surface area (Å²) in [6, 6.07) is 21.2. The molecule has 0 aromatic heterocycles. The third kappa shape index (κ3) is 4.11. The highest BCUT2D eigenvalue weighted by Crippen LogP contribution is 2.37. The first-order valence-corrected chi connectivity index (χ1v) is 8.90. The normalized spacial score (nSPS) is 10.4. The molecule has 0 aliphatic carbocycles. The van der Waals surface area contributed by atoms with Crippen LogP contribution in [0, 0.1) is 0 Å². The van der Waals surface area contributed by atoms with E-state index < -0.39 is 0 Å². The maximum atomic E-state index is 11.5. The molecular formula is C23H23NO3. The van der Waals surface area contributed by atoms with Crippen LogP contribution >= 0.6 is 0 Å². The lowest BCUT2D eigenvalue weighted by atomic mass is 9.97. The molecule has 0 amide bonds. The lowest BCUT2D eigenvalue weighted by Gasteiger charge is -2.16. The van der Waals surface area contributed by atoms with Crippen LogP contribution in [-0.4, -0.2) is 13.1 Å². The molecule has 0 heterocycles. The summed E-state index contributed by atoms with van der Waals surface area (Å²) in [4.78, 5) is 11.5. The number of rotatable bonds is 6. The van der Waals surface area contributed by atoms with Crippen LogP contribution in [-0.2, 0) is 17.8 Å². The zero-order valence-electron chi connectivity index (χ0n) is 15.6. The van der Waals surface area contributed by atoms with E-state index in [9.17, 15) is 4.79 Å². The van der Waals surface area contributed by atoms with Gasteiger partial charge in [-0.25, -0.2) is 4.79 Å². The molecule has 0 fully saturated rings. The van der Waals surface area contributed by atoms with Crippen molar-refractivity contribution in [3.05, 3.63) is 83.4 Å². The van der Waals surface area contributed by atoms with E-state index in [1.807, 2.05) is 42.5 Å². The summed E-state index contributed by atoms with van der Waals surface area (Å²) in [5.41, 5.74) is 11.6. The molecular weight excluding hydrogens is 338 g/mol. The van der Waals surface area contributed by atoms with Gasteiger partial charge >= 0.3 is 5.97 Å². The van der Waals surface area contributed by atoms with Crippen LogP contribution in [0.2, 0.25) is 0 Å². The minimum Gasteiger partial charge on any atom is -0.486 e. The average molecular weight is 361 g/mol. The summed E-state index contributed by atoms with van der Waals surface area (Å²) in [6.07, 6.45) is 0.930. The van der Waals surface area contributed by atoms with Crippen molar-refractivity contribution >= 4 is 11.7 Å². The second-order valence-electron chi connectivity index (χ2n) is 6.21. The lowest BCUT2D eigenvalue weighted by Crippen LogP contribution is -2.03. The van der Waals surface area contributed by atoms with Crippen molar-refractivity contribution in [1.29, 1.82) is 0 Å². The molecule has 138 valence electrons. The number of hydrogen-bond donors (Lipinski definition) is 1. The van der Waals surface area contributed by atoms with Gasteiger partial charge in [-0.3, -0.25) is 0 Å². The summed E-state index contributed by atoms with van der Waals surface area (Å²) < 4.78 is 10.8. The van der Waals surface area contributed by atoms with E-state index in [0.717, 1.165) is 23.1 Å². The molecule has 0 bridgehead atoms. The molecule has 0 atom stereocenters. The average Bonchev–Trinajstić information content (AvgIpc) is 2.72. The minimum absolute atomic E-state index is 0.353. The number of carbonyl (C=O) groups is 1. The number of para-hydroxylation sites is 1. The fourth-order valence-corrected chi connectivity index (χ4v) is 3.03. The number of carbonyl (C=O) groups excluding carboxylic acids is 1. The molecule has 3 aromatic rings. The number of hydrogen-bond acceptors (Lipinski definition) is 4. The highest BCUT2D eigenvalue weighted by atomic mass is 16.5. The minimum atomic E-state index is -0.353. The largest absolute Gasteiger partial charge is 0.486 e. The van der Waals surface area contributed by atoms with Crippen molar-refractivity contribution in [2.24, 2.45) is 0 Å². The van der Waals surface area contributed by atoms with Gasteiger partial charge in [0.2, 0.25) is 0 Å². The standard InChI is InChI=1S/C23H23NO3/c1-3-17-7-4-5-8-19(17)20-9-6-10-21(24)22(20)27-15-16-11-13-18(14-12-16)23(25)26-2/h4-14H,3,15,24H2,1-2H3. The van der Waals surface area contributed by atoms with Crippen molar-refractivity contribution in [2.75, 3.05) is 12.8 Å². The van der Waals surface area contributed by atoms with Gasteiger partial charge in [0, 0.05) is 5.56 Å². The predicted octanol–water partition coefficient (Wildman–Crippen LogP) is 4.86. The summed E-state index contributed by atoms with van der Waals surface area (Å²) in [7, 11) is 1.37. The SMILES string of the molecule is CCc1ccccc1-c1cccc(N)c1OCc1ccc(C(=O)OC)cc1. The molecule has 0 aliphatic rings. The number of esters is 1. The van der Waals surface area contributed by atoms with E-state index in [0.29, 0.717) is 23.6 Å². The highest BCUT2D eigenvalue weighted by molar-refractivity contribution is 5.89. The molecule has 3 aromatic carbocycles. The number of methoxy groups -OCH3 is 1. The molecule has 3 rings (SSSR count). The Bertz CT molecular complexity index is 933. The third-order valence-electron chi connectivity index (χ3n) is 4.49. The van der Waals surface area contributed by atoms with Crippen molar-refractivity contribution in [3.63, 3.8) is 0 Å². The van der Waals surface area contributed by atoms with E-state index in [-0.39, 0.29) is 5.97 Å². The number of ether oxygens (including phenoxy) is 2. The molecule has 4 heteroatoms. The molecule has 27 heavy (non-hydrogen) atoms. The summed E-state index contributed by atoms with van der Waals surface area (Å²) in [5.74, 6) is 0.323. The molecule has 2 N–H and O–H groups in total. The molecule has 0 radical (unpaired) electrons. The summed E-state index contributed by atoms with van der Waals surface area (Å²) in [6.45, 7) is 2.49. The van der Waals surface area contributed by atoms with Gasteiger partial charge in [0.1, 0.15) is 6.61 Å². The highest BCUT2D eigenvalue weighted by Gasteiger charge is 2.13. The molecule has 0 unspecified atom stereocenters. The van der Waals surface area contributed by atoms with Gasteiger partial charge in [-0.2, -0.15) is 0 Å². The first-order valence-electron chi connectivity index (χ1n) is 8.90. The van der Waals surface area contributed by atoms with Crippen LogP contribution in [0.5, 0.6) is 5.75 Å². The molecule has 0 aliphatic heterocycles. The van der Waals surface area contributed by atoms with E-state index in [1.54, 1.807) is 12.1 Å². The van der Waals surface area contributed by atoms with Gasteiger partial charge in [0.05, 0.1) is 18.4 Å². The Morgan fingerprint density at radius 2 is 1.63 bits per heavy atom. The number of benzene rings is 3. The second-order valence-corrected chi connectivity index (χ2v) is 6.21. The first-order chi connectivity index (χ1) is 13.1. The van der Waals surface area contributed by atoms with Gasteiger partial charge in [-0.05, 0) is 41.3 Å². The number of nitrogens with two attached hydrogens (primary N) is 1.